The molecule has 4 nitrogen and oxygen atoms in total. The van der Waals surface area contributed by atoms with Crippen molar-refractivity contribution >= 4 is 28.9 Å². The quantitative estimate of drug-likeness (QED) is 0.918. The molecule has 0 saturated carbocycles. The van der Waals surface area contributed by atoms with Gasteiger partial charge in [-0.25, -0.2) is 0 Å². The lowest BCUT2D eigenvalue weighted by Crippen LogP contribution is -2.02. The summed E-state index contributed by atoms with van der Waals surface area (Å²) in [6.45, 7) is 0. The lowest BCUT2D eigenvalue weighted by atomic mass is 10.2. The number of aromatic nitrogens is 2. The van der Waals surface area contributed by atoms with Gasteiger partial charge in [0.2, 0.25) is 0 Å². The summed E-state index contributed by atoms with van der Waals surface area (Å²) < 4.78 is 2.29. The van der Waals surface area contributed by atoms with Crippen molar-refractivity contribution in [1.29, 1.82) is 0 Å². The highest BCUT2D eigenvalue weighted by Crippen LogP contribution is 2.32. The molecule has 0 aliphatic rings. The second-order valence-electron chi connectivity index (χ2n) is 3.34. The average molecular weight is 257 g/mol. The molecule has 0 amide bonds. The van der Waals surface area contributed by atoms with Gasteiger partial charge >= 0.3 is 5.97 Å². The van der Waals surface area contributed by atoms with E-state index < -0.39 is 5.97 Å². The SMILES string of the molecule is Cn1cc(-c2ccc(Cl)s2)c(CC(=O)O)n1. The molecule has 0 atom stereocenters. The molecule has 2 aromatic rings. The van der Waals surface area contributed by atoms with Gasteiger partial charge in [0.25, 0.3) is 0 Å². The third-order valence-corrected chi connectivity index (χ3v) is 3.33. The molecule has 0 radical (unpaired) electrons. The Labute approximate surface area is 101 Å². The van der Waals surface area contributed by atoms with Crippen molar-refractivity contribution in [2.24, 2.45) is 7.05 Å². The second kappa shape index (κ2) is 4.27. The van der Waals surface area contributed by atoms with Crippen molar-refractivity contribution in [3.8, 4) is 10.4 Å². The van der Waals surface area contributed by atoms with Gasteiger partial charge in [-0.2, -0.15) is 5.10 Å². The van der Waals surface area contributed by atoms with Gasteiger partial charge in [0.05, 0.1) is 16.5 Å². The number of carboxylic acids is 1. The highest BCUT2D eigenvalue weighted by molar-refractivity contribution is 7.19. The Balaban J connectivity index is 2.43. The molecule has 0 aromatic carbocycles. The Bertz CT molecular complexity index is 533. The van der Waals surface area contributed by atoms with E-state index in [0.717, 1.165) is 10.4 Å². The number of hydrogen-bond acceptors (Lipinski definition) is 3. The summed E-state index contributed by atoms with van der Waals surface area (Å²) in [7, 11) is 1.77. The van der Waals surface area contributed by atoms with Gasteiger partial charge in [-0.1, -0.05) is 11.6 Å². The zero-order chi connectivity index (χ0) is 11.7. The standard InChI is InChI=1S/C10H9ClN2O2S/c1-13-5-6(7(12-13)4-10(14)15)8-2-3-9(11)16-8/h2-3,5H,4H2,1H3,(H,14,15). The number of hydrogen-bond donors (Lipinski definition) is 1. The highest BCUT2D eigenvalue weighted by Gasteiger charge is 2.14. The first-order chi connectivity index (χ1) is 7.56. The molecular formula is C10H9ClN2O2S. The minimum atomic E-state index is -0.886. The number of aliphatic carboxylic acids is 1. The molecule has 2 aromatic heterocycles. The molecule has 0 aliphatic heterocycles. The Kier molecular flexibility index (Phi) is 2.98. The van der Waals surface area contributed by atoms with Gasteiger partial charge in [0, 0.05) is 23.7 Å². The lowest BCUT2D eigenvalue weighted by molar-refractivity contribution is -0.136. The lowest BCUT2D eigenvalue weighted by Gasteiger charge is -1.95. The van der Waals surface area contributed by atoms with Crippen LogP contribution in [0.4, 0.5) is 0 Å². The van der Waals surface area contributed by atoms with Gasteiger partial charge in [0.15, 0.2) is 0 Å². The predicted molar refractivity (Wildman–Crippen MR) is 62.9 cm³/mol. The first kappa shape index (κ1) is 11.2. The predicted octanol–water partition coefficient (Wildman–Crippen LogP) is 2.43. The molecule has 0 fully saturated rings. The van der Waals surface area contributed by atoms with E-state index in [-0.39, 0.29) is 6.42 Å². The van der Waals surface area contributed by atoms with E-state index in [1.54, 1.807) is 24.0 Å². The molecule has 1 N–H and O–H groups in total. The van der Waals surface area contributed by atoms with Crippen LogP contribution >= 0.6 is 22.9 Å². The van der Waals surface area contributed by atoms with Crippen molar-refractivity contribution in [2.45, 2.75) is 6.42 Å². The van der Waals surface area contributed by atoms with Gasteiger partial charge in [-0.05, 0) is 12.1 Å². The van der Waals surface area contributed by atoms with E-state index in [1.165, 1.54) is 11.3 Å². The van der Waals surface area contributed by atoms with Crippen molar-refractivity contribution in [3.63, 3.8) is 0 Å². The summed E-state index contributed by atoms with van der Waals surface area (Å²) in [5.74, 6) is -0.886. The van der Waals surface area contributed by atoms with Crippen LogP contribution < -0.4 is 0 Å². The first-order valence-corrected chi connectivity index (χ1v) is 5.75. The molecule has 0 aliphatic carbocycles. The van der Waals surface area contributed by atoms with Crippen LogP contribution in [0.15, 0.2) is 18.3 Å². The van der Waals surface area contributed by atoms with Gasteiger partial charge in [0.1, 0.15) is 0 Å². The van der Waals surface area contributed by atoms with Crippen LogP contribution in [0.3, 0.4) is 0 Å². The zero-order valence-corrected chi connectivity index (χ0v) is 10.0. The summed E-state index contributed by atoms with van der Waals surface area (Å²) in [5, 5.41) is 12.9. The third kappa shape index (κ3) is 2.25. The molecule has 2 heterocycles. The van der Waals surface area contributed by atoms with E-state index in [2.05, 4.69) is 5.10 Å². The molecule has 0 spiro atoms. The molecule has 2 rings (SSSR count). The van der Waals surface area contributed by atoms with Crippen LogP contribution in [0.1, 0.15) is 5.69 Å². The smallest absolute Gasteiger partial charge is 0.309 e. The normalized spacial score (nSPS) is 10.6. The Morgan fingerprint density at radius 1 is 1.62 bits per heavy atom. The summed E-state index contributed by atoms with van der Waals surface area (Å²) in [4.78, 5) is 11.6. The van der Waals surface area contributed by atoms with Crippen LogP contribution in [0.5, 0.6) is 0 Å². The van der Waals surface area contributed by atoms with E-state index in [1.807, 2.05) is 6.07 Å². The van der Waals surface area contributed by atoms with Crippen LogP contribution in [0.2, 0.25) is 4.34 Å². The Hall–Kier alpha value is -1.33. The van der Waals surface area contributed by atoms with Gasteiger partial charge in [-0.15, -0.1) is 11.3 Å². The number of rotatable bonds is 3. The van der Waals surface area contributed by atoms with Crippen molar-refractivity contribution in [3.05, 3.63) is 28.4 Å². The molecule has 0 unspecified atom stereocenters. The van der Waals surface area contributed by atoms with Crippen LogP contribution in [0.25, 0.3) is 10.4 Å². The zero-order valence-electron chi connectivity index (χ0n) is 8.48. The maximum Gasteiger partial charge on any atom is 0.309 e. The number of carboxylic acid groups (broad SMARTS) is 1. The van der Waals surface area contributed by atoms with E-state index in [4.69, 9.17) is 16.7 Å². The topological polar surface area (TPSA) is 55.1 Å². The maximum absolute atomic E-state index is 10.7. The number of thiophene rings is 1. The maximum atomic E-state index is 10.7. The van der Waals surface area contributed by atoms with Crippen LogP contribution in [-0.2, 0) is 18.3 Å². The summed E-state index contributed by atoms with van der Waals surface area (Å²) >= 11 is 7.26. The Morgan fingerprint density at radius 2 is 2.38 bits per heavy atom. The molecular weight excluding hydrogens is 248 g/mol. The van der Waals surface area contributed by atoms with Gasteiger partial charge < -0.3 is 5.11 Å². The van der Waals surface area contributed by atoms with E-state index >= 15 is 0 Å². The van der Waals surface area contributed by atoms with Crippen LogP contribution in [0, 0.1) is 0 Å². The fraction of sp³-hybridized carbons (Fsp3) is 0.200. The monoisotopic (exact) mass is 256 g/mol. The number of halogens is 1. The van der Waals surface area contributed by atoms with Gasteiger partial charge in [-0.3, -0.25) is 9.48 Å². The molecule has 16 heavy (non-hydrogen) atoms. The fourth-order valence-electron chi connectivity index (χ4n) is 1.47. The third-order valence-electron chi connectivity index (χ3n) is 2.06. The summed E-state index contributed by atoms with van der Waals surface area (Å²) in [6.07, 6.45) is 1.73. The average Bonchev–Trinajstić information content (AvgIpc) is 2.72. The Morgan fingerprint density at radius 3 is 2.94 bits per heavy atom. The molecule has 0 bridgehead atoms. The van der Waals surface area contributed by atoms with Crippen LogP contribution in [-0.4, -0.2) is 20.9 Å². The number of aryl methyl sites for hydroxylation is 1. The summed E-state index contributed by atoms with van der Waals surface area (Å²) in [5.41, 5.74) is 1.40. The fourth-order valence-corrected chi connectivity index (χ4v) is 2.55. The van der Waals surface area contributed by atoms with E-state index in [0.29, 0.717) is 10.0 Å². The largest absolute Gasteiger partial charge is 0.481 e. The molecule has 6 heteroatoms. The number of nitrogens with zero attached hydrogens (tertiary/aromatic N) is 2. The minimum Gasteiger partial charge on any atom is -0.481 e. The second-order valence-corrected chi connectivity index (χ2v) is 5.05. The van der Waals surface area contributed by atoms with Crippen molar-refractivity contribution < 1.29 is 9.90 Å². The molecule has 0 saturated heterocycles. The molecule has 84 valence electrons. The first-order valence-electron chi connectivity index (χ1n) is 4.56. The summed E-state index contributed by atoms with van der Waals surface area (Å²) in [6, 6.07) is 3.66. The minimum absolute atomic E-state index is 0.0777. The number of carbonyl (C=O) groups is 1. The van der Waals surface area contributed by atoms with Crippen molar-refractivity contribution in [2.75, 3.05) is 0 Å². The highest BCUT2D eigenvalue weighted by atomic mass is 35.5. The van der Waals surface area contributed by atoms with E-state index in [9.17, 15) is 4.79 Å². The van der Waals surface area contributed by atoms with Crippen molar-refractivity contribution in [1.82, 2.24) is 9.78 Å².